The Morgan fingerprint density at radius 2 is 2.25 bits per heavy atom. The molecule has 1 aliphatic heterocycles. The Labute approximate surface area is 115 Å². The lowest BCUT2D eigenvalue weighted by Crippen LogP contribution is -2.36. The molecule has 0 aromatic carbocycles. The number of aromatic amines is 1. The molecule has 1 fully saturated rings. The van der Waals surface area contributed by atoms with E-state index < -0.39 is 16.9 Å². The molecular formula is C13H19N3O4. The highest BCUT2D eigenvalue weighted by molar-refractivity contribution is 5.76. The summed E-state index contributed by atoms with van der Waals surface area (Å²) in [5.74, 6) is -0.0741. The largest absolute Gasteiger partial charge is 0.388 e. The van der Waals surface area contributed by atoms with Gasteiger partial charge in [0, 0.05) is 44.2 Å². The predicted molar refractivity (Wildman–Crippen MR) is 72.3 cm³/mol. The first kappa shape index (κ1) is 14.5. The van der Waals surface area contributed by atoms with Crippen LogP contribution in [0.2, 0.25) is 0 Å². The molecule has 0 unspecified atom stereocenters. The molecule has 7 heteroatoms. The van der Waals surface area contributed by atoms with Crippen molar-refractivity contribution in [3.8, 4) is 0 Å². The maximum absolute atomic E-state index is 12.1. The molecular weight excluding hydrogens is 262 g/mol. The number of hydrogen-bond donors (Lipinski definition) is 2. The van der Waals surface area contributed by atoms with Gasteiger partial charge in [0.05, 0.1) is 5.60 Å². The predicted octanol–water partition coefficient (Wildman–Crippen LogP) is -0.844. The SMILES string of the molecule is C[C@@H]1CN(C(=O)CCn2ccc(=O)[nH]c2=O)C[C@]1(C)O. The van der Waals surface area contributed by atoms with E-state index in [2.05, 4.69) is 4.98 Å². The Morgan fingerprint density at radius 1 is 1.55 bits per heavy atom. The molecule has 0 radical (unpaired) electrons. The summed E-state index contributed by atoms with van der Waals surface area (Å²) in [6, 6.07) is 1.24. The summed E-state index contributed by atoms with van der Waals surface area (Å²) in [6.45, 7) is 4.67. The number of carbonyl (C=O) groups is 1. The van der Waals surface area contributed by atoms with Gasteiger partial charge in [-0.1, -0.05) is 6.92 Å². The van der Waals surface area contributed by atoms with Crippen LogP contribution in [-0.2, 0) is 11.3 Å². The van der Waals surface area contributed by atoms with Crippen molar-refractivity contribution in [3.63, 3.8) is 0 Å². The monoisotopic (exact) mass is 281 g/mol. The first-order valence-corrected chi connectivity index (χ1v) is 6.59. The number of rotatable bonds is 3. The average molecular weight is 281 g/mol. The van der Waals surface area contributed by atoms with Crippen LogP contribution in [0, 0.1) is 5.92 Å². The number of aromatic nitrogens is 2. The van der Waals surface area contributed by atoms with Crippen molar-refractivity contribution in [2.45, 2.75) is 32.4 Å². The number of nitrogens with one attached hydrogen (secondary N) is 1. The van der Waals surface area contributed by atoms with E-state index in [0.717, 1.165) is 0 Å². The zero-order valence-electron chi connectivity index (χ0n) is 11.6. The summed E-state index contributed by atoms with van der Waals surface area (Å²) in [5.41, 5.74) is -1.83. The summed E-state index contributed by atoms with van der Waals surface area (Å²) >= 11 is 0. The van der Waals surface area contributed by atoms with Crippen LogP contribution in [0.15, 0.2) is 21.9 Å². The smallest absolute Gasteiger partial charge is 0.328 e. The molecule has 1 aliphatic rings. The number of aryl methyl sites for hydroxylation is 1. The summed E-state index contributed by atoms with van der Waals surface area (Å²) < 4.78 is 1.29. The second-order valence-corrected chi connectivity index (χ2v) is 5.59. The minimum absolute atomic E-state index is 0.0299. The van der Waals surface area contributed by atoms with Crippen molar-refractivity contribution in [2.75, 3.05) is 13.1 Å². The van der Waals surface area contributed by atoms with Crippen LogP contribution in [0.5, 0.6) is 0 Å². The lowest BCUT2D eigenvalue weighted by molar-refractivity contribution is -0.131. The normalized spacial score (nSPS) is 25.9. The third kappa shape index (κ3) is 2.98. The molecule has 20 heavy (non-hydrogen) atoms. The first-order valence-electron chi connectivity index (χ1n) is 6.59. The highest BCUT2D eigenvalue weighted by Gasteiger charge is 2.40. The second-order valence-electron chi connectivity index (χ2n) is 5.59. The van der Waals surface area contributed by atoms with Gasteiger partial charge in [0.25, 0.3) is 5.56 Å². The van der Waals surface area contributed by atoms with Gasteiger partial charge in [0.2, 0.25) is 5.91 Å². The van der Waals surface area contributed by atoms with Crippen LogP contribution in [-0.4, -0.2) is 44.2 Å². The van der Waals surface area contributed by atoms with Crippen molar-refractivity contribution in [1.82, 2.24) is 14.5 Å². The van der Waals surface area contributed by atoms with Crippen molar-refractivity contribution >= 4 is 5.91 Å². The van der Waals surface area contributed by atoms with Gasteiger partial charge in [-0.2, -0.15) is 0 Å². The summed E-state index contributed by atoms with van der Waals surface area (Å²) in [7, 11) is 0. The van der Waals surface area contributed by atoms with E-state index in [1.807, 2.05) is 6.92 Å². The minimum Gasteiger partial charge on any atom is -0.388 e. The summed E-state index contributed by atoms with van der Waals surface area (Å²) in [5, 5.41) is 10.1. The van der Waals surface area contributed by atoms with Crippen LogP contribution in [0.1, 0.15) is 20.3 Å². The third-order valence-corrected chi connectivity index (χ3v) is 3.88. The zero-order chi connectivity index (χ0) is 14.9. The van der Waals surface area contributed by atoms with E-state index in [0.29, 0.717) is 13.1 Å². The average Bonchev–Trinajstić information content (AvgIpc) is 2.62. The van der Waals surface area contributed by atoms with E-state index in [4.69, 9.17) is 0 Å². The molecule has 2 heterocycles. The summed E-state index contributed by atoms with van der Waals surface area (Å²) in [6.07, 6.45) is 1.53. The second kappa shape index (κ2) is 5.24. The molecule has 2 rings (SSSR count). The Bertz CT molecular complexity index is 617. The Hall–Kier alpha value is -1.89. The van der Waals surface area contributed by atoms with Gasteiger partial charge in [-0.3, -0.25) is 14.6 Å². The fourth-order valence-electron chi connectivity index (χ4n) is 2.32. The number of hydrogen-bond acceptors (Lipinski definition) is 4. The van der Waals surface area contributed by atoms with E-state index in [1.165, 1.54) is 16.8 Å². The number of aliphatic hydroxyl groups is 1. The van der Waals surface area contributed by atoms with Crippen LogP contribution >= 0.6 is 0 Å². The van der Waals surface area contributed by atoms with Crippen LogP contribution in [0.4, 0.5) is 0 Å². The van der Waals surface area contributed by atoms with Gasteiger partial charge in [-0.05, 0) is 6.92 Å². The quantitative estimate of drug-likeness (QED) is 0.755. The topological polar surface area (TPSA) is 95.4 Å². The zero-order valence-corrected chi connectivity index (χ0v) is 11.6. The molecule has 1 amide bonds. The number of carbonyl (C=O) groups excluding carboxylic acids is 1. The number of nitrogens with zero attached hydrogens (tertiary/aromatic N) is 2. The van der Waals surface area contributed by atoms with E-state index in [1.54, 1.807) is 11.8 Å². The van der Waals surface area contributed by atoms with E-state index in [9.17, 15) is 19.5 Å². The summed E-state index contributed by atoms with van der Waals surface area (Å²) in [4.78, 5) is 38.2. The van der Waals surface area contributed by atoms with Gasteiger partial charge >= 0.3 is 5.69 Å². The van der Waals surface area contributed by atoms with Gasteiger partial charge in [0.15, 0.2) is 0 Å². The molecule has 0 spiro atoms. The minimum atomic E-state index is -0.857. The molecule has 1 saturated heterocycles. The molecule has 0 aliphatic carbocycles. The standard InChI is InChI=1S/C13H19N3O4/c1-9-7-16(8-13(9,2)20)11(18)4-6-15-5-3-10(17)14-12(15)19/h3,5,9,20H,4,6-8H2,1-2H3,(H,14,17,19)/t9-,13+/m1/s1. The number of H-pyrrole nitrogens is 1. The fourth-order valence-corrected chi connectivity index (χ4v) is 2.32. The number of amides is 1. The highest BCUT2D eigenvalue weighted by atomic mass is 16.3. The maximum Gasteiger partial charge on any atom is 0.328 e. The Kier molecular flexibility index (Phi) is 3.80. The van der Waals surface area contributed by atoms with E-state index >= 15 is 0 Å². The lowest BCUT2D eigenvalue weighted by Gasteiger charge is -2.20. The van der Waals surface area contributed by atoms with Gasteiger partial charge in [-0.15, -0.1) is 0 Å². The Balaban J connectivity index is 1.96. The van der Waals surface area contributed by atoms with Crippen molar-refractivity contribution < 1.29 is 9.90 Å². The highest BCUT2D eigenvalue weighted by Crippen LogP contribution is 2.27. The molecule has 0 bridgehead atoms. The van der Waals surface area contributed by atoms with Crippen molar-refractivity contribution in [3.05, 3.63) is 33.1 Å². The molecule has 0 saturated carbocycles. The molecule has 1 aromatic heterocycles. The first-order chi connectivity index (χ1) is 9.29. The van der Waals surface area contributed by atoms with E-state index in [-0.39, 0.29) is 24.8 Å². The molecule has 7 nitrogen and oxygen atoms in total. The van der Waals surface area contributed by atoms with Crippen LogP contribution in [0.3, 0.4) is 0 Å². The lowest BCUT2D eigenvalue weighted by atomic mass is 9.95. The number of β-amino-alcohol motifs (C(OH)–C–C–N with tert-alkyl or cyclic N) is 1. The third-order valence-electron chi connectivity index (χ3n) is 3.88. The molecule has 1 aromatic rings. The Morgan fingerprint density at radius 3 is 2.80 bits per heavy atom. The maximum atomic E-state index is 12.1. The van der Waals surface area contributed by atoms with Crippen LogP contribution < -0.4 is 11.2 Å². The van der Waals surface area contributed by atoms with Crippen molar-refractivity contribution in [2.24, 2.45) is 5.92 Å². The molecule has 110 valence electrons. The van der Waals surface area contributed by atoms with Gasteiger partial charge in [0.1, 0.15) is 0 Å². The van der Waals surface area contributed by atoms with Crippen molar-refractivity contribution in [1.29, 1.82) is 0 Å². The number of likely N-dealkylation sites (tertiary alicyclic amines) is 1. The van der Waals surface area contributed by atoms with Gasteiger partial charge < -0.3 is 14.6 Å². The fraction of sp³-hybridized carbons (Fsp3) is 0.615. The van der Waals surface area contributed by atoms with Gasteiger partial charge in [-0.25, -0.2) is 4.79 Å². The van der Waals surface area contributed by atoms with Crippen LogP contribution in [0.25, 0.3) is 0 Å². The molecule has 2 atom stereocenters. The molecule has 2 N–H and O–H groups in total.